The van der Waals surface area contributed by atoms with E-state index in [1.807, 2.05) is 12.1 Å². The summed E-state index contributed by atoms with van der Waals surface area (Å²) in [6, 6.07) is 8.53. The fraction of sp³-hybridized carbons (Fsp3) is 0.625. The van der Waals surface area contributed by atoms with E-state index >= 15 is 0 Å². The van der Waals surface area contributed by atoms with Crippen LogP contribution >= 0.6 is 11.6 Å². The van der Waals surface area contributed by atoms with Crippen LogP contribution in [0.3, 0.4) is 0 Å². The number of halogens is 1. The lowest BCUT2D eigenvalue weighted by molar-refractivity contribution is 0.253. The molecule has 1 atom stereocenters. The number of rotatable bonds is 6. The van der Waals surface area contributed by atoms with Crippen molar-refractivity contribution < 1.29 is 0 Å². The lowest BCUT2D eigenvalue weighted by atomic mass is 10.1. The smallest absolute Gasteiger partial charge is 0.0409 e. The predicted octanol–water partition coefficient (Wildman–Crippen LogP) is 4.11. The van der Waals surface area contributed by atoms with Crippen LogP contribution in [-0.2, 0) is 0 Å². The summed E-state index contributed by atoms with van der Waals surface area (Å²) >= 11 is 6.04. The van der Waals surface area contributed by atoms with Crippen LogP contribution in [0.2, 0.25) is 5.02 Å². The highest BCUT2D eigenvalue weighted by atomic mass is 35.5. The van der Waals surface area contributed by atoms with Crippen molar-refractivity contribution in [3.8, 4) is 0 Å². The molecule has 0 aliphatic rings. The summed E-state index contributed by atoms with van der Waals surface area (Å²) in [6.07, 6.45) is 1.15. The molecule has 0 aliphatic heterocycles. The van der Waals surface area contributed by atoms with Crippen molar-refractivity contribution in [2.24, 2.45) is 0 Å². The molecule has 0 spiro atoms. The Balaban J connectivity index is 2.39. The molecule has 1 aromatic carbocycles. The molecule has 19 heavy (non-hydrogen) atoms. The molecule has 0 bridgehead atoms. The Morgan fingerprint density at radius 2 is 2.00 bits per heavy atom. The third-order valence-electron chi connectivity index (χ3n) is 3.34. The minimum Gasteiger partial charge on any atom is -0.312 e. The molecule has 0 amide bonds. The van der Waals surface area contributed by atoms with Crippen molar-refractivity contribution in [3.63, 3.8) is 0 Å². The van der Waals surface area contributed by atoms with E-state index in [-0.39, 0.29) is 5.54 Å². The SMILES string of the molecule is CC(c1cccc(Cl)c1)N(C)CCCNC(C)(C)C. The van der Waals surface area contributed by atoms with Gasteiger partial charge in [0.25, 0.3) is 0 Å². The average Bonchev–Trinajstić information content (AvgIpc) is 2.32. The molecule has 3 heteroatoms. The number of hydrogen-bond acceptors (Lipinski definition) is 2. The summed E-state index contributed by atoms with van der Waals surface area (Å²) in [5.74, 6) is 0. The maximum atomic E-state index is 6.04. The molecule has 2 nitrogen and oxygen atoms in total. The van der Waals surface area contributed by atoms with E-state index in [1.54, 1.807) is 0 Å². The number of nitrogens with one attached hydrogen (secondary N) is 1. The van der Waals surface area contributed by atoms with Gasteiger partial charge in [-0.2, -0.15) is 0 Å². The van der Waals surface area contributed by atoms with Gasteiger partial charge in [-0.1, -0.05) is 23.7 Å². The molecule has 1 unspecified atom stereocenters. The molecule has 108 valence electrons. The molecule has 0 aromatic heterocycles. The first-order valence-electron chi connectivity index (χ1n) is 7.00. The average molecular weight is 283 g/mol. The molecule has 0 saturated carbocycles. The van der Waals surface area contributed by atoms with Crippen molar-refractivity contribution in [2.45, 2.75) is 45.7 Å². The Labute approximate surface area is 123 Å². The van der Waals surface area contributed by atoms with Gasteiger partial charge in [0.2, 0.25) is 0 Å². The first-order chi connectivity index (χ1) is 8.79. The Morgan fingerprint density at radius 3 is 2.58 bits per heavy atom. The van der Waals surface area contributed by atoms with Gasteiger partial charge in [0, 0.05) is 16.6 Å². The Hall–Kier alpha value is -0.570. The Bertz CT molecular complexity index is 385. The van der Waals surface area contributed by atoms with Crippen molar-refractivity contribution in [3.05, 3.63) is 34.9 Å². The molecular formula is C16H27ClN2. The Kier molecular flexibility index (Phi) is 6.31. The van der Waals surface area contributed by atoms with E-state index < -0.39 is 0 Å². The highest BCUT2D eigenvalue weighted by Gasteiger charge is 2.12. The van der Waals surface area contributed by atoms with E-state index in [1.165, 1.54) is 5.56 Å². The second-order valence-electron chi connectivity index (χ2n) is 6.24. The van der Waals surface area contributed by atoms with E-state index in [4.69, 9.17) is 11.6 Å². The van der Waals surface area contributed by atoms with Crippen LogP contribution in [0.5, 0.6) is 0 Å². The monoisotopic (exact) mass is 282 g/mol. The highest BCUT2D eigenvalue weighted by Crippen LogP contribution is 2.21. The van der Waals surface area contributed by atoms with Crippen LogP contribution < -0.4 is 5.32 Å². The fourth-order valence-corrected chi connectivity index (χ4v) is 2.21. The maximum absolute atomic E-state index is 6.04. The fourth-order valence-electron chi connectivity index (χ4n) is 2.01. The predicted molar refractivity (Wildman–Crippen MR) is 84.9 cm³/mol. The molecule has 1 rings (SSSR count). The second kappa shape index (κ2) is 7.28. The minimum absolute atomic E-state index is 0.205. The van der Waals surface area contributed by atoms with E-state index in [0.29, 0.717) is 6.04 Å². The molecular weight excluding hydrogens is 256 g/mol. The number of benzene rings is 1. The van der Waals surface area contributed by atoms with Gasteiger partial charge in [-0.3, -0.25) is 4.90 Å². The third-order valence-corrected chi connectivity index (χ3v) is 3.57. The summed E-state index contributed by atoms with van der Waals surface area (Å²) in [6.45, 7) is 11.0. The van der Waals surface area contributed by atoms with Crippen molar-refractivity contribution in [1.29, 1.82) is 0 Å². The number of nitrogens with zero attached hydrogens (tertiary/aromatic N) is 1. The normalized spacial score (nSPS) is 13.8. The van der Waals surface area contributed by atoms with Gasteiger partial charge >= 0.3 is 0 Å². The second-order valence-corrected chi connectivity index (χ2v) is 6.68. The maximum Gasteiger partial charge on any atom is 0.0409 e. The van der Waals surface area contributed by atoms with Gasteiger partial charge in [0.05, 0.1) is 0 Å². The van der Waals surface area contributed by atoms with Gasteiger partial charge in [-0.05, 0) is 71.9 Å². The molecule has 0 saturated heterocycles. The topological polar surface area (TPSA) is 15.3 Å². The first kappa shape index (κ1) is 16.5. The summed E-state index contributed by atoms with van der Waals surface area (Å²) in [4.78, 5) is 2.37. The van der Waals surface area contributed by atoms with Crippen molar-refractivity contribution in [2.75, 3.05) is 20.1 Å². The lowest BCUT2D eigenvalue weighted by Crippen LogP contribution is -2.37. The quantitative estimate of drug-likeness (QED) is 0.790. The van der Waals surface area contributed by atoms with Gasteiger partial charge in [0.1, 0.15) is 0 Å². The summed E-state index contributed by atoms with van der Waals surface area (Å²) in [5, 5.41) is 4.33. The standard InChI is InChI=1S/C16H27ClN2/c1-13(14-8-6-9-15(17)12-14)19(5)11-7-10-18-16(2,3)4/h6,8-9,12-13,18H,7,10-11H2,1-5H3. The largest absolute Gasteiger partial charge is 0.312 e. The van der Waals surface area contributed by atoms with Crippen molar-refractivity contribution >= 4 is 11.6 Å². The Morgan fingerprint density at radius 1 is 1.32 bits per heavy atom. The van der Waals surface area contributed by atoms with Crippen LogP contribution in [0.4, 0.5) is 0 Å². The van der Waals surface area contributed by atoms with Gasteiger partial charge in [-0.25, -0.2) is 0 Å². The minimum atomic E-state index is 0.205. The zero-order valence-corrected chi connectivity index (χ0v) is 13.6. The lowest BCUT2D eigenvalue weighted by Gasteiger charge is -2.26. The first-order valence-corrected chi connectivity index (χ1v) is 7.38. The molecule has 0 heterocycles. The van der Waals surface area contributed by atoms with Gasteiger partial charge in [-0.15, -0.1) is 0 Å². The molecule has 0 aliphatic carbocycles. The summed E-state index contributed by atoms with van der Waals surface area (Å²) in [5.41, 5.74) is 1.48. The van der Waals surface area contributed by atoms with E-state index in [9.17, 15) is 0 Å². The summed E-state index contributed by atoms with van der Waals surface area (Å²) in [7, 11) is 2.17. The zero-order valence-electron chi connectivity index (χ0n) is 12.8. The van der Waals surface area contributed by atoms with E-state index in [0.717, 1.165) is 24.5 Å². The number of hydrogen-bond donors (Lipinski definition) is 1. The van der Waals surface area contributed by atoms with Crippen molar-refractivity contribution in [1.82, 2.24) is 10.2 Å². The van der Waals surface area contributed by atoms with Crippen LogP contribution in [0.15, 0.2) is 24.3 Å². The molecule has 1 aromatic rings. The zero-order chi connectivity index (χ0) is 14.5. The van der Waals surface area contributed by atoms with Gasteiger partial charge < -0.3 is 5.32 Å². The summed E-state index contributed by atoms with van der Waals surface area (Å²) < 4.78 is 0. The molecule has 1 N–H and O–H groups in total. The van der Waals surface area contributed by atoms with Gasteiger partial charge in [0.15, 0.2) is 0 Å². The van der Waals surface area contributed by atoms with Crippen LogP contribution in [0.1, 0.15) is 45.7 Å². The van der Waals surface area contributed by atoms with Crippen LogP contribution in [0.25, 0.3) is 0 Å². The van der Waals surface area contributed by atoms with E-state index in [2.05, 4.69) is 57.1 Å². The van der Waals surface area contributed by atoms with Crippen LogP contribution in [0, 0.1) is 0 Å². The third kappa shape index (κ3) is 6.42. The highest BCUT2D eigenvalue weighted by molar-refractivity contribution is 6.30. The molecule has 0 fully saturated rings. The van der Waals surface area contributed by atoms with Crippen LogP contribution in [-0.4, -0.2) is 30.6 Å². The molecule has 0 radical (unpaired) electrons.